The standard InChI is InChI=1S/C23H26N2O5/c1-23(22(28)29)18(21(27)30-15-17-10-6-3-7-11-17)12-13-25(23)20(26)19(24)14-16-8-4-2-5-9-16/h2-11,18-19H,12-15,24H2,1H3,(H,28,29)/t18?,19-,23+/m1/s1. The number of aliphatic carboxylic acids is 1. The molecule has 0 radical (unpaired) electrons. The Hall–Kier alpha value is -3.19. The highest BCUT2D eigenvalue weighted by Gasteiger charge is 2.57. The number of ether oxygens (including phenoxy) is 1. The van der Waals surface area contributed by atoms with Crippen LogP contribution in [0.3, 0.4) is 0 Å². The van der Waals surface area contributed by atoms with Crippen LogP contribution in [-0.4, -0.2) is 46.0 Å². The van der Waals surface area contributed by atoms with Crippen LogP contribution in [0.25, 0.3) is 0 Å². The highest BCUT2D eigenvalue weighted by Crippen LogP contribution is 2.37. The second-order valence-electron chi connectivity index (χ2n) is 7.67. The van der Waals surface area contributed by atoms with Crippen LogP contribution in [0.4, 0.5) is 0 Å². The molecule has 158 valence electrons. The fraction of sp³-hybridized carbons (Fsp3) is 0.348. The van der Waals surface area contributed by atoms with Crippen molar-refractivity contribution in [3.8, 4) is 0 Å². The van der Waals surface area contributed by atoms with Crippen LogP contribution in [0.2, 0.25) is 0 Å². The summed E-state index contributed by atoms with van der Waals surface area (Å²) in [4.78, 5) is 39.1. The number of esters is 1. The Morgan fingerprint density at radius 2 is 1.67 bits per heavy atom. The minimum Gasteiger partial charge on any atom is -0.479 e. The smallest absolute Gasteiger partial charge is 0.330 e. The lowest BCUT2D eigenvalue weighted by atomic mass is 9.86. The first-order chi connectivity index (χ1) is 14.3. The van der Waals surface area contributed by atoms with Gasteiger partial charge in [-0.2, -0.15) is 0 Å². The first kappa shape index (κ1) is 21.5. The second kappa shape index (κ2) is 9.09. The Labute approximate surface area is 175 Å². The number of likely N-dealkylation sites (tertiary alicyclic amines) is 1. The van der Waals surface area contributed by atoms with E-state index >= 15 is 0 Å². The summed E-state index contributed by atoms with van der Waals surface area (Å²) in [5, 5.41) is 9.93. The van der Waals surface area contributed by atoms with E-state index < -0.39 is 35.3 Å². The van der Waals surface area contributed by atoms with Gasteiger partial charge in [-0.3, -0.25) is 9.59 Å². The van der Waals surface area contributed by atoms with Crippen molar-refractivity contribution in [3.05, 3.63) is 71.8 Å². The second-order valence-corrected chi connectivity index (χ2v) is 7.67. The number of carboxylic acid groups (broad SMARTS) is 1. The molecule has 1 aliphatic heterocycles. The Kier molecular flexibility index (Phi) is 6.52. The molecule has 0 aliphatic carbocycles. The highest BCUT2D eigenvalue weighted by molar-refractivity contribution is 5.94. The fourth-order valence-electron chi connectivity index (χ4n) is 3.90. The maximum absolute atomic E-state index is 13.0. The third-order valence-electron chi connectivity index (χ3n) is 5.70. The van der Waals surface area contributed by atoms with Crippen molar-refractivity contribution in [2.24, 2.45) is 11.7 Å². The lowest BCUT2D eigenvalue weighted by Crippen LogP contribution is -2.59. The molecule has 2 aromatic carbocycles. The average molecular weight is 410 g/mol. The van der Waals surface area contributed by atoms with E-state index in [4.69, 9.17) is 10.5 Å². The average Bonchev–Trinajstić information content (AvgIpc) is 3.11. The molecule has 1 aliphatic rings. The van der Waals surface area contributed by atoms with E-state index in [9.17, 15) is 19.5 Å². The van der Waals surface area contributed by atoms with Crippen molar-refractivity contribution < 1.29 is 24.2 Å². The number of amides is 1. The van der Waals surface area contributed by atoms with Crippen LogP contribution < -0.4 is 5.73 Å². The van der Waals surface area contributed by atoms with Gasteiger partial charge < -0.3 is 20.5 Å². The van der Waals surface area contributed by atoms with Crippen molar-refractivity contribution in [1.82, 2.24) is 4.90 Å². The van der Waals surface area contributed by atoms with Crippen molar-refractivity contribution in [3.63, 3.8) is 0 Å². The van der Waals surface area contributed by atoms with E-state index in [1.165, 1.54) is 11.8 Å². The zero-order valence-electron chi connectivity index (χ0n) is 16.9. The minimum absolute atomic E-state index is 0.0489. The summed E-state index contributed by atoms with van der Waals surface area (Å²) in [5.41, 5.74) is 6.08. The first-order valence-corrected chi connectivity index (χ1v) is 9.89. The number of rotatable bonds is 7. The van der Waals surface area contributed by atoms with E-state index in [0.717, 1.165) is 11.1 Å². The number of carbonyl (C=O) groups is 3. The molecule has 7 nitrogen and oxygen atoms in total. The number of hydrogen-bond acceptors (Lipinski definition) is 5. The molecule has 30 heavy (non-hydrogen) atoms. The van der Waals surface area contributed by atoms with Crippen LogP contribution in [0.1, 0.15) is 24.5 Å². The molecule has 1 heterocycles. The summed E-state index contributed by atoms with van der Waals surface area (Å²) in [6, 6.07) is 17.5. The maximum atomic E-state index is 13.0. The van der Waals surface area contributed by atoms with Crippen molar-refractivity contribution in [1.29, 1.82) is 0 Å². The normalized spacial score (nSPS) is 21.8. The van der Waals surface area contributed by atoms with Gasteiger partial charge in [-0.25, -0.2) is 4.79 Å². The van der Waals surface area contributed by atoms with E-state index in [1.54, 1.807) is 0 Å². The molecule has 2 aromatic rings. The molecular formula is C23H26N2O5. The molecule has 1 amide bonds. The summed E-state index contributed by atoms with van der Waals surface area (Å²) in [7, 11) is 0. The topological polar surface area (TPSA) is 110 Å². The SMILES string of the molecule is C[C@@]1(C(=O)O)C(C(=O)OCc2ccccc2)CCN1C(=O)[C@H](N)Cc1ccccc1. The Morgan fingerprint density at radius 1 is 1.10 bits per heavy atom. The Morgan fingerprint density at radius 3 is 2.23 bits per heavy atom. The van der Waals surface area contributed by atoms with Crippen LogP contribution in [0.5, 0.6) is 0 Å². The molecule has 0 saturated carbocycles. The zero-order chi connectivity index (χ0) is 21.7. The third kappa shape index (κ3) is 4.36. The van der Waals surface area contributed by atoms with Crippen molar-refractivity contribution >= 4 is 17.8 Å². The van der Waals surface area contributed by atoms with E-state index in [0.29, 0.717) is 0 Å². The third-order valence-corrected chi connectivity index (χ3v) is 5.70. The van der Waals surface area contributed by atoms with Gasteiger partial charge in [0.05, 0.1) is 12.0 Å². The Bertz CT molecular complexity index is 902. The maximum Gasteiger partial charge on any atom is 0.330 e. The van der Waals surface area contributed by atoms with Gasteiger partial charge in [0.25, 0.3) is 0 Å². The van der Waals surface area contributed by atoms with Crippen LogP contribution in [0, 0.1) is 5.92 Å². The van der Waals surface area contributed by atoms with Crippen LogP contribution in [0.15, 0.2) is 60.7 Å². The lowest BCUT2D eigenvalue weighted by molar-refractivity contribution is -0.166. The predicted molar refractivity (Wildman–Crippen MR) is 110 cm³/mol. The fourth-order valence-corrected chi connectivity index (χ4v) is 3.90. The zero-order valence-corrected chi connectivity index (χ0v) is 16.9. The number of carboxylic acids is 1. The predicted octanol–water partition coefficient (Wildman–Crippen LogP) is 1.99. The minimum atomic E-state index is -1.71. The summed E-state index contributed by atoms with van der Waals surface area (Å²) < 4.78 is 5.37. The van der Waals surface area contributed by atoms with Crippen molar-refractivity contribution in [2.75, 3.05) is 6.54 Å². The first-order valence-electron chi connectivity index (χ1n) is 9.89. The Balaban J connectivity index is 1.72. The number of benzene rings is 2. The molecule has 1 fully saturated rings. The molecule has 3 N–H and O–H groups in total. The summed E-state index contributed by atoms with van der Waals surface area (Å²) in [6.07, 6.45) is 0.495. The van der Waals surface area contributed by atoms with Gasteiger partial charge in [-0.1, -0.05) is 60.7 Å². The van der Waals surface area contributed by atoms with Crippen molar-refractivity contribution in [2.45, 2.75) is 38.0 Å². The number of nitrogens with two attached hydrogens (primary N) is 1. The number of nitrogens with zero attached hydrogens (tertiary/aromatic N) is 1. The summed E-state index contributed by atoms with van der Waals surface area (Å²) >= 11 is 0. The molecule has 3 atom stereocenters. The molecule has 0 spiro atoms. The van der Waals surface area contributed by atoms with Gasteiger partial charge in [0.2, 0.25) is 5.91 Å². The van der Waals surface area contributed by atoms with E-state index in [2.05, 4.69) is 0 Å². The summed E-state index contributed by atoms with van der Waals surface area (Å²) in [5.74, 6) is -3.33. The molecule has 0 bridgehead atoms. The van der Waals surface area contributed by atoms with Gasteiger partial charge in [-0.15, -0.1) is 0 Å². The molecule has 3 rings (SSSR count). The molecule has 0 aromatic heterocycles. The van der Waals surface area contributed by atoms with Crippen LogP contribution >= 0.6 is 0 Å². The quantitative estimate of drug-likeness (QED) is 0.676. The number of carbonyl (C=O) groups excluding carboxylic acids is 2. The summed E-state index contributed by atoms with van der Waals surface area (Å²) in [6.45, 7) is 1.58. The van der Waals surface area contributed by atoms with Gasteiger partial charge in [0.15, 0.2) is 5.54 Å². The largest absolute Gasteiger partial charge is 0.479 e. The van der Waals surface area contributed by atoms with Gasteiger partial charge >= 0.3 is 11.9 Å². The molecular weight excluding hydrogens is 384 g/mol. The lowest BCUT2D eigenvalue weighted by Gasteiger charge is -2.35. The van der Waals surface area contributed by atoms with Gasteiger partial charge in [0.1, 0.15) is 6.61 Å². The highest BCUT2D eigenvalue weighted by atomic mass is 16.5. The molecule has 7 heteroatoms. The van der Waals surface area contributed by atoms with E-state index in [1.807, 2.05) is 60.7 Å². The van der Waals surface area contributed by atoms with Gasteiger partial charge in [-0.05, 0) is 30.9 Å². The van der Waals surface area contributed by atoms with Gasteiger partial charge in [0, 0.05) is 6.54 Å². The van der Waals surface area contributed by atoms with E-state index in [-0.39, 0.29) is 26.0 Å². The monoisotopic (exact) mass is 410 g/mol. The molecule has 1 unspecified atom stereocenters. The molecule has 1 saturated heterocycles. The van der Waals surface area contributed by atoms with Crippen LogP contribution in [-0.2, 0) is 32.1 Å². The number of hydrogen-bond donors (Lipinski definition) is 2.